The predicted molar refractivity (Wildman–Crippen MR) is 118 cm³/mol. The molecule has 0 bridgehead atoms. The molecule has 0 amide bonds. The summed E-state index contributed by atoms with van der Waals surface area (Å²) in [4.78, 5) is 2.63. The molecule has 2 aromatic rings. The van der Waals surface area contributed by atoms with E-state index < -0.39 is 0 Å². The first-order valence-corrected chi connectivity index (χ1v) is 11.3. The Morgan fingerprint density at radius 1 is 1.00 bits per heavy atom. The van der Waals surface area contributed by atoms with Crippen molar-refractivity contribution in [1.82, 2.24) is 21.1 Å². The molecule has 2 saturated heterocycles. The molecule has 30 heavy (non-hydrogen) atoms. The lowest BCUT2D eigenvalue weighted by Gasteiger charge is -2.29. The SMILES string of the molecule is c1ccc(C(CNCC2CNNC2c2ccc3c(c2)OCCO3)N2CCCC2)cc1. The smallest absolute Gasteiger partial charge is 0.161 e. The van der Waals surface area contributed by atoms with E-state index in [1.807, 2.05) is 6.07 Å². The highest BCUT2D eigenvalue weighted by atomic mass is 16.6. The quantitative estimate of drug-likeness (QED) is 0.655. The zero-order valence-electron chi connectivity index (χ0n) is 17.5. The number of hydrogen-bond donors (Lipinski definition) is 3. The fraction of sp³-hybridized carbons (Fsp3) is 0.500. The summed E-state index contributed by atoms with van der Waals surface area (Å²) in [7, 11) is 0. The summed E-state index contributed by atoms with van der Waals surface area (Å²) in [6.45, 7) is 6.55. The third-order valence-corrected chi connectivity index (χ3v) is 6.53. The molecule has 3 aliphatic heterocycles. The van der Waals surface area contributed by atoms with Crippen molar-refractivity contribution in [3.63, 3.8) is 0 Å². The van der Waals surface area contributed by atoms with Gasteiger partial charge in [-0.1, -0.05) is 36.4 Å². The number of fused-ring (bicyclic) bond motifs is 1. The van der Waals surface area contributed by atoms with Crippen LogP contribution in [0.15, 0.2) is 48.5 Å². The monoisotopic (exact) mass is 408 g/mol. The number of benzene rings is 2. The maximum Gasteiger partial charge on any atom is 0.161 e. The van der Waals surface area contributed by atoms with Crippen LogP contribution >= 0.6 is 0 Å². The number of ether oxygens (including phenoxy) is 2. The van der Waals surface area contributed by atoms with Gasteiger partial charge in [0.25, 0.3) is 0 Å². The molecule has 0 saturated carbocycles. The molecule has 0 aromatic heterocycles. The van der Waals surface area contributed by atoms with Crippen molar-refractivity contribution in [3.05, 3.63) is 59.7 Å². The molecule has 3 atom stereocenters. The lowest BCUT2D eigenvalue weighted by atomic mass is 9.94. The Balaban J connectivity index is 1.23. The molecular weight excluding hydrogens is 376 g/mol. The van der Waals surface area contributed by atoms with Crippen molar-refractivity contribution in [2.45, 2.75) is 24.9 Å². The molecule has 160 valence electrons. The van der Waals surface area contributed by atoms with Crippen LogP contribution < -0.4 is 25.6 Å². The Hall–Kier alpha value is -2.12. The highest BCUT2D eigenvalue weighted by molar-refractivity contribution is 5.45. The van der Waals surface area contributed by atoms with Crippen molar-refractivity contribution >= 4 is 0 Å². The molecule has 2 aromatic carbocycles. The lowest BCUT2D eigenvalue weighted by Crippen LogP contribution is -2.37. The van der Waals surface area contributed by atoms with Gasteiger partial charge in [-0.15, -0.1) is 0 Å². The molecule has 6 nitrogen and oxygen atoms in total. The first-order chi connectivity index (χ1) is 14.9. The number of nitrogens with zero attached hydrogens (tertiary/aromatic N) is 1. The average Bonchev–Trinajstić information content (AvgIpc) is 3.49. The highest BCUT2D eigenvalue weighted by Crippen LogP contribution is 2.35. The second-order valence-corrected chi connectivity index (χ2v) is 8.49. The van der Waals surface area contributed by atoms with Gasteiger partial charge in [0, 0.05) is 31.6 Å². The van der Waals surface area contributed by atoms with E-state index in [-0.39, 0.29) is 6.04 Å². The number of rotatable bonds is 7. The minimum atomic E-state index is 0.260. The van der Waals surface area contributed by atoms with Gasteiger partial charge in [0.05, 0.1) is 6.04 Å². The van der Waals surface area contributed by atoms with Gasteiger partial charge >= 0.3 is 0 Å². The molecule has 3 aliphatic rings. The van der Waals surface area contributed by atoms with Crippen molar-refractivity contribution in [1.29, 1.82) is 0 Å². The average molecular weight is 409 g/mol. The number of hydrogen-bond acceptors (Lipinski definition) is 6. The summed E-state index contributed by atoms with van der Waals surface area (Å²) in [5, 5.41) is 3.79. The van der Waals surface area contributed by atoms with Crippen molar-refractivity contribution in [2.24, 2.45) is 5.92 Å². The van der Waals surface area contributed by atoms with E-state index in [1.165, 1.54) is 37.1 Å². The van der Waals surface area contributed by atoms with Crippen LogP contribution in [0.3, 0.4) is 0 Å². The van der Waals surface area contributed by atoms with Crippen molar-refractivity contribution < 1.29 is 9.47 Å². The summed E-state index contributed by atoms with van der Waals surface area (Å²) in [6.07, 6.45) is 2.62. The van der Waals surface area contributed by atoms with E-state index in [1.54, 1.807) is 0 Å². The van der Waals surface area contributed by atoms with Crippen LogP contribution in [0.2, 0.25) is 0 Å². The van der Waals surface area contributed by atoms with E-state index in [4.69, 9.17) is 9.47 Å². The zero-order chi connectivity index (χ0) is 20.2. The van der Waals surface area contributed by atoms with Gasteiger partial charge in [-0.25, -0.2) is 5.43 Å². The minimum absolute atomic E-state index is 0.260. The van der Waals surface area contributed by atoms with Crippen LogP contribution in [0.25, 0.3) is 0 Å². The van der Waals surface area contributed by atoms with Crippen molar-refractivity contribution in [2.75, 3.05) is 45.9 Å². The fourth-order valence-electron chi connectivity index (χ4n) is 4.93. The first-order valence-electron chi connectivity index (χ1n) is 11.3. The molecule has 3 heterocycles. The molecule has 2 fully saturated rings. The topological polar surface area (TPSA) is 57.8 Å². The molecule has 0 spiro atoms. The number of nitrogens with one attached hydrogen (secondary N) is 3. The van der Waals surface area contributed by atoms with Crippen molar-refractivity contribution in [3.8, 4) is 11.5 Å². The fourth-order valence-corrected chi connectivity index (χ4v) is 4.93. The zero-order valence-corrected chi connectivity index (χ0v) is 17.5. The van der Waals surface area contributed by atoms with Crippen LogP contribution in [-0.4, -0.2) is 50.8 Å². The van der Waals surface area contributed by atoms with Gasteiger partial charge in [-0.2, -0.15) is 0 Å². The van der Waals surface area contributed by atoms with E-state index in [0.717, 1.165) is 31.1 Å². The van der Waals surface area contributed by atoms with E-state index in [0.29, 0.717) is 25.2 Å². The summed E-state index contributed by atoms with van der Waals surface area (Å²) in [5.74, 6) is 2.18. The van der Waals surface area contributed by atoms with E-state index in [2.05, 4.69) is 63.5 Å². The second-order valence-electron chi connectivity index (χ2n) is 8.49. The molecule has 5 rings (SSSR count). The van der Waals surface area contributed by atoms with Gasteiger partial charge in [0.15, 0.2) is 11.5 Å². The summed E-state index contributed by atoms with van der Waals surface area (Å²) >= 11 is 0. The molecule has 3 unspecified atom stereocenters. The van der Waals surface area contributed by atoms with Gasteiger partial charge in [0.1, 0.15) is 13.2 Å². The largest absolute Gasteiger partial charge is 0.486 e. The summed E-state index contributed by atoms with van der Waals surface area (Å²) in [5.41, 5.74) is 9.47. The van der Waals surface area contributed by atoms with Gasteiger partial charge in [-0.05, 0) is 49.2 Å². The molecule has 0 radical (unpaired) electrons. The Morgan fingerprint density at radius 3 is 2.63 bits per heavy atom. The van der Waals surface area contributed by atoms with Gasteiger partial charge in [0.2, 0.25) is 0 Å². The summed E-state index contributed by atoms with van der Waals surface area (Å²) < 4.78 is 11.5. The number of likely N-dealkylation sites (tertiary alicyclic amines) is 1. The Bertz CT molecular complexity index is 825. The van der Waals surface area contributed by atoms with Gasteiger partial charge in [-0.3, -0.25) is 10.3 Å². The molecular formula is C24H32N4O2. The van der Waals surface area contributed by atoms with Crippen LogP contribution in [0.1, 0.15) is 36.1 Å². The van der Waals surface area contributed by atoms with Crippen LogP contribution in [-0.2, 0) is 0 Å². The first kappa shape index (κ1) is 19.8. The van der Waals surface area contributed by atoms with E-state index in [9.17, 15) is 0 Å². The van der Waals surface area contributed by atoms with Gasteiger partial charge < -0.3 is 14.8 Å². The van der Waals surface area contributed by atoms with Crippen LogP contribution in [0, 0.1) is 5.92 Å². The molecule has 6 heteroatoms. The van der Waals surface area contributed by atoms with Crippen LogP contribution in [0.5, 0.6) is 11.5 Å². The molecule has 0 aliphatic carbocycles. The maximum absolute atomic E-state index is 5.78. The van der Waals surface area contributed by atoms with E-state index >= 15 is 0 Å². The molecule has 3 N–H and O–H groups in total. The minimum Gasteiger partial charge on any atom is -0.486 e. The predicted octanol–water partition coefficient (Wildman–Crippen LogP) is 2.65. The number of hydrazine groups is 1. The Kier molecular flexibility index (Phi) is 6.18. The standard InChI is InChI=1S/C24H32N4O2/c1-2-6-18(7-3-1)21(28-10-4-5-11-28)17-25-15-20-16-26-27-24(20)19-8-9-22-23(14-19)30-13-12-29-22/h1-3,6-9,14,20-21,24-27H,4-5,10-13,15-17H2. The highest BCUT2D eigenvalue weighted by Gasteiger charge is 2.30. The third-order valence-electron chi connectivity index (χ3n) is 6.53. The normalized spacial score (nSPS) is 24.8. The van der Waals surface area contributed by atoms with Crippen LogP contribution in [0.4, 0.5) is 0 Å². The maximum atomic E-state index is 5.78. The third kappa shape index (κ3) is 4.32. The Morgan fingerprint density at radius 2 is 1.80 bits per heavy atom. The summed E-state index contributed by atoms with van der Waals surface area (Å²) in [6, 6.07) is 18.0. The lowest BCUT2D eigenvalue weighted by molar-refractivity contribution is 0.171. The second kappa shape index (κ2) is 9.35. The Labute approximate surface area is 178 Å².